The fraction of sp³-hybridized carbons (Fsp3) is 0.429. The largest absolute Gasteiger partial charge is 0.481 e. The van der Waals surface area contributed by atoms with Gasteiger partial charge in [-0.05, 0) is 30.7 Å². The Bertz CT molecular complexity index is 636. The normalized spacial score (nSPS) is 21.3. The van der Waals surface area contributed by atoms with E-state index in [1.165, 1.54) is 0 Å². The van der Waals surface area contributed by atoms with Gasteiger partial charge in [0.2, 0.25) is 0 Å². The number of carbonyl (C=O) groups is 2. The number of carbonyl (C=O) groups excluding carboxylic acids is 1. The quantitative estimate of drug-likeness (QED) is 0.806. The van der Waals surface area contributed by atoms with Crippen molar-refractivity contribution in [1.82, 2.24) is 4.90 Å². The van der Waals surface area contributed by atoms with Crippen molar-refractivity contribution < 1.29 is 27.9 Å². The number of benzene rings is 1. The molecule has 2 amide bonds. The van der Waals surface area contributed by atoms with Gasteiger partial charge in [-0.15, -0.1) is 0 Å². The van der Waals surface area contributed by atoms with E-state index in [1.54, 1.807) is 25.1 Å². The van der Waals surface area contributed by atoms with Crippen LogP contribution in [0, 0.1) is 18.8 Å². The van der Waals surface area contributed by atoms with Crippen molar-refractivity contribution in [2.24, 2.45) is 11.8 Å². The molecule has 1 heterocycles. The molecule has 0 radical (unpaired) electrons. The van der Waals surface area contributed by atoms with Crippen LogP contribution >= 0.6 is 15.9 Å². The number of nitrogens with one attached hydrogen (secondary N) is 1. The van der Waals surface area contributed by atoms with Gasteiger partial charge in [-0.2, -0.15) is 13.2 Å². The number of anilines is 1. The van der Waals surface area contributed by atoms with Crippen LogP contribution in [0.3, 0.4) is 0 Å². The minimum atomic E-state index is -4.66. The Kier molecular flexibility index (Phi) is 4.88. The summed E-state index contributed by atoms with van der Waals surface area (Å²) in [6.45, 7) is 0.603. The van der Waals surface area contributed by atoms with Crippen LogP contribution in [0.15, 0.2) is 22.7 Å². The number of halogens is 4. The Morgan fingerprint density at radius 3 is 2.48 bits per heavy atom. The molecule has 1 fully saturated rings. The molecule has 1 saturated heterocycles. The lowest BCUT2D eigenvalue weighted by atomic mass is 9.96. The topological polar surface area (TPSA) is 69.6 Å². The number of nitrogens with zero attached hydrogens (tertiary/aromatic N) is 1. The van der Waals surface area contributed by atoms with Gasteiger partial charge >= 0.3 is 18.2 Å². The van der Waals surface area contributed by atoms with Crippen molar-refractivity contribution in [2.45, 2.75) is 13.1 Å². The van der Waals surface area contributed by atoms with Gasteiger partial charge in [0, 0.05) is 23.2 Å². The van der Waals surface area contributed by atoms with Crippen LogP contribution in [0.25, 0.3) is 0 Å². The van der Waals surface area contributed by atoms with E-state index in [9.17, 15) is 22.8 Å². The van der Waals surface area contributed by atoms with Gasteiger partial charge in [-0.3, -0.25) is 4.79 Å². The minimum Gasteiger partial charge on any atom is -0.481 e. The average molecular weight is 395 g/mol. The molecule has 1 aromatic rings. The summed E-state index contributed by atoms with van der Waals surface area (Å²) in [5.74, 6) is -5.26. The van der Waals surface area contributed by atoms with Crippen LogP contribution in [0.5, 0.6) is 0 Å². The van der Waals surface area contributed by atoms with Crippen molar-refractivity contribution in [3.8, 4) is 0 Å². The van der Waals surface area contributed by atoms with Crippen molar-refractivity contribution in [1.29, 1.82) is 0 Å². The maximum atomic E-state index is 12.9. The van der Waals surface area contributed by atoms with E-state index in [-0.39, 0.29) is 0 Å². The molecule has 5 nitrogen and oxygen atoms in total. The summed E-state index contributed by atoms with van der Waals surface area (Å²) in [5, 5.41) is 11.5. The standard InChI is InChI=1S/C14H14BrF3N2O3/c1-7-4-8(15)2-3-11(7)19-13(23)20-5-9(12(21)22)10(6-20)14(16,17)18/h2-4,9-10H,5-6H2,1H3,(H,19,23)(H,21,22)/t9-,10-/m1/s1. The maximum Gasteiger partial charge on any atom is 0.394 e. The molecule has 0 bridgehead atoms. The van der Waals surface area contributed by atoms with Gasteiger partial charge in [0.25, 0.3) is 0 Å². The number of rotatable bonds is 2. The monoisotopic (exact) mass is 394 g/mol. The lowest BCUT2D eigenvalue weighted by Crippen LogP contribution is -2.35. The molecule has 1 aliphatic heterocycles. The number of urea groups is 1. The maximum absolute atomic E-state index is 12.9. The first-order valence-electron chi connectivity index (χ1n) is 6.71. The predicted molar refractivity (Wildman–Crippen MR) is 80.1 cm³/mol. The highest BCUT2D eigenvalue weighted by Gasteiger charge is 2.53. The van der Waals surface area contributed by atoms with Gasteiger partial charge < -0.3 is 15.3 Å². The number of hydrogen-bond acceptors (Lipinski definition) is 2. The number of hydrogen-bond donors (Lipinski definition) is 2. The first kappa shape index (κ1) is 17.6. The van der Waals surface area contributed by atoms with Crippen molar-refractivity contribution in [3.05, 3.63) is 28.2 Å². The molecular weight excluding hydrogens is 381 g/mol. The number of carboxylic acids is 1. The molecule has 0 saturated carbocycles. The van der Waals surface area contributed by atoms with Gasteiger partial charge in [-0.1, -0.05) is 15.9 Å². The zero-order valence-corrected chi connectivity index (χ0v) is 13.6. The molecule has 126 valence electrons. The fourth-order valence-electron chi connectivity index (χ4n) is 2.51. The Hall–Kier alpha value is -1.77. The molecule has 9 heteroatoms. The molecule has 2 rings (SSSR count). The minimum absolute atomic E-state index is 0.459. The highest BCUT2D eigenvalue weighted by Crippen LogP contribution is 2.38. The summed E-state index contributed by atoms with van der Waals surface area (Å²) in [7, 11) is 0. The summed E-state index contributed by atoms with van der Waals surface area (Å²) in [6.07, 6.45) is -4.66. The number of amides is 2. The molecule has 0 aliphatic carbocycles. The van der Waals surface area contributed by atoms with Crippen LogP contribution in [-0.4, -0.2) is 41.3 Å². The van der Waals surface area contributed by atoms with Gasteiger partial charge in [0.15, 0.2) is 0 Å². The first-order valence-corrected chi connectivity index (χ1v) is 7.50. The second-order valence-corrected chi connectivity index (χ2v) is 6.30. The average Bonchev–Trinajstić information content (AvgIpc) is 2.87. The number of carboxylic acid groups (broad SMARTS) is 1. The van der Waals surface area contributed by atoms with E-state index in [0.29, 0.717) is 5.69 Å². The predicted octanol–water partition coefficient (Wildman–Crippen LogP) is 3.48. The van der Waals surface area contributed by atoms with Crippen LogP contribution in [-0.2, 0) is 4.79 Å². The lowest BCUT2D eigenvalue weighted by Gasteiger charge is -2.19. The summed E-state index contributed by atoms with van der Waals surface area (Å²) in [4.78, 5) is 24.0. The third-order valence-electron chi connectivity index (χ3n) is 3.77. The van der Waals surface area contributed by atoms with Crippen molar-refractivity contribution in [3.63, 3.8) is 0 Å². The third kappa shape index (κ3) is 3.95. The molecular formula is C14H14BrF3N2O3. The summed E-state index contributed by atoms with van der Waals surface area (Å²) in [5.41, 5.74) is 1.19. The molecule has 23 heavy (non-hydrogen) atoms. The molecule has 0 spiro atoms. The number of alkyl halides is 3. The Balaban J connectivity index is 2.13. The SMILES string of the molecule is Cc1cc(Br)ccc1NC(=O)N1C[C@@H](C(F)(F)F)[C@H](C(=O)O)C1. The second-order valence-electron chi connectivity index (χ2n) is 5.39. The van der Waals surface area contributed by atoms with Crippen molar-refractivity contribution in [2.75, 3.05) is 18.4 Å². The van der Waals surface area contributed by atoms with Crippen LogP contribution in [0.4, 0.5) is 23.7 Å². The molecule has 1 aromatic carbocycles. The Morgan fingerprint density at radius 1 is 1.35 bits per heavy atom. The summed E-state index contributed by atoms with van der Waals surface area (Å²) < 4.78 is 39.6. The van der Waals surface area contributed by atoms with Crippen molar-refractivity contribution >= 4 is 33.6 Å². The zero-order chi connectivity index (χ0) is 17.4. The van der Waals surface area contributed by atoms with Gasteiger partial charge in [-0.25, -0.2) is 4.79 Å². The number of aliphatic carboxylic acids is 1. The smallest absolute Gasteiger partial charge is 0.394 e. The first-order chi connectivity index (χ1) is 10.6. The summed E-state index contributed by atoms with van der Waals surface area (Å²) in [6, 6.07) is 4.31. The van der Waals surface area contributed by atoms with E-state index in [4.69, 9.17) is 5.11 Å². The molecule has 1 aliphatic rings. The van der Waals surface area contributed by atoms with E-state index < -0.39 is 43.1 Å². The van der Waals surface area contributed by atoms with Gasteiger partial charge in [0.1, 0.15) is 0 Å². The van der Waals surface area contributed by atoms with E-state index in [2.05, 4.69) is 21.2 Å². The highest BCUT2D eigenvalue weighted by atomic mass is 79.9. The van der Waals surface area contributed by atoms with Crippen LogP contribution < -0.4 is 5.32 Å². The van der Waals surface area contributed by atoms with Crippen LogP contribution in [0.1, 0.15) is 5.56 Å². The molecule has 2 atom stereocenters. The second kappa shape index (κ2) is 6.38. The summed E-state index contributed by atoms with van der Waals surface area (Å²) >= 11 is 3.27. The van der Waals surface area contributed by atoms with E-state index >= 15 is 0 Å². The number of aryl methyl sites for hydroxylation is 1. The number of likely N-dealkylation sites (tertiary alicyclic amines) is 1. The van der Waals surface area contributed by atoms with E-state index in [1.807, 2.05) is 0 Å². The fourth-order valence-corrected chi connectivity index (χ4v) is 2.99. The zero-order valence-electron chi connectivity index (χ0n) is 12.0. The van der Waals surface area contributed by atoms with E-state index in [0.717, 1.165) is 14.9 Å². The highest BCUT2D eigenvalue weighted by molar-refractivity contribution is 9.10. The third-order valence-corrected chi connectivity index (χ3v) is 4.27. The van der Waals surface area contributed by atoms with Crippen LogP contribution in [0.2, 0.25) is 0 Å². The Morgan fingerprint density at radius 2 is 2.00 bits per heavy atom. The van der Waals surface area contributed by atoms with Gasteiger partial charge in [0.05, 0.1) is 11.8 Å². The Labute approximate surface area is 138 Å². The lowest BCUT2D eigenvalue weighted by molar-refractivity contribution is -0.187. The molecule has 0 aromatic heterocycles. The molecule has 0 unspecified atom stereocenters. The molecule has 2 N–H and O–H groups in total.